The maximum absolute atomic E-state index is 14.0. The molecule has 0 radical (unpaired) electrons. The number of hydrogen-bond acceptors (Lipinski definition) is 2. The van der Waals surface area contributed by atoms with Crippen LogP contribution in [0.15, 0.2) is 29.1 Å². The molecule has 4 nitrogen and oxygen atoms in total. The SMILES string of the molecule is Cc1cc(=O)n(Cc2c(F)cccc2Cl)c2c1c(C)nn2C. The molecule has 3 rings (SSSR count). The minimum atomic E-state index is -0.424. The molecule has 0 spiro atoms. The highest BCUT2D eigenvalue weighted by atomic mass is 35.5. The fourth-order valence-corrected chi connectivity index (χ4v) is 3.07. The third-order valence-corrected chi connectivity index (χ3v) is 4.18. The molecular formula is C16H15ClFN3O. The Morgan fingerprint density at radius 2 is 2.05 bits per heavy atom. The second kappa shape index (κ2) is 5.25. The predicted molar refractivity (Wildman–Crippen MR) is 85.0 cm³/mol. The summed E-state index contributed by atoms with van der Waals surface area (Å²) in [7, 11) is 1.77. The van der Waals surface area contributed by atoms with E-state index in [1.807, 2.05) is 13.8 Å². The van der Waals surface area contributed by atoms with E-state index in [0.717, 1.165) is 16.6 Å². The molecule has 0 aliphatic heterocycles. The molecule has 0 bridgehead atoms. The molecule has 0 atom stereocenters. The molecule has 1 aromatic carbocycles. The topological polar surface area (TPSA) is 39.8 Å². The van der Waals surface area contributed by atoms with Gasteiger partial charge in [0.15, 0.2) is 0 Å². The van der Waals surface area contributed by atoms with Gasteiger partial charge < -0.3 is 0 Å². The Balaban J connectivity index is 2.30. The molecule has 0 unspecified atom stereocenters. The van der Waals surface area contributed by atoms with E-state index in [2.05, 4.69) is 5.10 Å². The van der Waals surface area contributed by atoms with Crippen LogP contribution in [0.25, 0.3) is 11.0 Å². The number of pyridine rings is 1. The van der Waals surface area contributed by atoms with Gasteiger partial charge in [0.2, 0.25) is 0 Å². The summed E-state index contributed by atoms with van der Waals surface area (Å²) in [5.41, 5.74) is 2.47. The number of benzene rings is 1. The number of aromatic nitrogens is 3. The van der Waals surface area contributed by atoms with Gasteiger partial charge in [-0.05, 0) is 31.5 Å². The average Bonchev–Trinajstić information content (AvgIpc) is 2.73. The largest absolute Gasteiger partial charge is 0.288 e. The van der Waals surface area contributed by atoms with Crippen LogP contribution in [0.2, 0.25) is 5.02 Å². The van der Waals surface area contributed by atoms with Crippen LogP contribution in [0.3, 0.4) is 0 Å². The minimum Gasteiger partial charge on any atom is -0.288 e. The molecule has 2 aromatic heterocycles. The van der Waals surface area contributed by atoms with E-state index in [1.165, 1.54) is 10.6 Å². The quantitative estimate of drug-likeness (QED) is 0.727. The summed E-state index contributed by atoms with van der Waals surface area (Å²) in [6, 6.07) is 6.05. The van der Waals surface area contributed by atoms with Crippen molar-refractivity contribution < 1.29 is 4.39 Å². The van der Waals surface area contributed by atoms with Crippen LogP contribution in [-0.4, -0.2) is 14.3 Å². The highest BCUT2D eigenvalue weighted by molar-refractivity contribution is 6.31. The summed E-state index contributed by atoms with van der Waals surface area (Å²) in [5, 5.41) is 5.59. The van der Waals surface area contributed by atoms with Crippen molar-refractivity contribution in [1.82, 2.24) is 14.3 Å². The third kappa shape index (κ3) is 2.22. The fourth-order valence-electron chi connectivity index (χ4n) is 2.85. The molecule has 0 aliphatic carbocycles. The number of rotatable bonds is 2. The van der Waals surface area contributed by atoms with E-state index in [4.69, 9.17) is 11.6 Å². The Labute approximate surface area is 131 Å². The first-order valence-corrected chi connectivity index (χ1v) is 7.24. The second-order valence-corrected chi connectivity index (χ2v) is 5.77. The van der Waals surface area contributed by atoms with Crippen molar-refractivity contribution in [2.45, 2.75) is 20.4 Å². The first-order chi connectivity index (χ1) is 10.4. The number of halogens is 2. The molecule has 3 aromatic rings. The summed E-state index contributed by atoms with van der Waals surface area (Å²) >= 11 is 6.08. The van der Waals surface area contributed by atoms with Crippen molar-refractivity contribution in [2.75, 3.05) is 0 Å². The lowest BCUT2D eigenvalue weighted by Crippen LogP contribution is -2.23. The third-order valence-electron chi connectivity index (χ3n) is 3.83. The van der Waals surface area contributed by atoms with E-state index in [1.54, 1.807) is 29.9 Å². The van der Waals surface area contributed by atoms with Crippen LogP contribution in [0.4, 0.5) is 4.39 Å². The van der Waals surface area contributed by atoms with E-state index < -0.39 is 5.82 Å². The van der Waals surface area contributed by atoms with Gasteiger partial charge in [-0.3, -0.25) is 14.0 Å². The average molecular weight is 320 g/mol. The zero-order valence-electron chi connectivity index (χ0n) is 12.5. The van der Waals surface area contributed by atoms with Crippen LogP contribution >= 0.6 is 11.6 Å². The van der Waals surface area contributed by atoms with Gasteiger partial charge in [-0.25, -0.2) is 4.39 Å². The van der Waals surface area contributed by atoms with Crippen LogP contribution in [0, 0.1) is 19.7 Å². The fraction of sp³-hybridized carbons (Fsp3) is 0.250. The molecule has 0 saturated heterocycles. The summed E-state index contributed by atoms with van der Waals surface area (Å²) in [4.78, 5) is 12.4. The van der Waals surface area contributed by atoms with Gasteiger partial charge in [0.05, 0.1) is 12.2 Å². The summed E-state index contributed by atoms with van der Waals surface area (Å²) in [5.74, 6) is -0.424. The Hall–Kier alpha value is -2.14. The maximum atomic E-state index is 14.0. The van der Waals surface area contributed by atoms with Crippen LogP contribution in [0.1, 0.15) is 16.8 Å². The monoisotopic (exact) mass is 319 g/mol. The lowest BCUT2D eigenvalue weighted by Gasteiger charge is -2.12. The number of hydrogen-bond donors (Lipinski definition) is 0. The highest BCUT2D eigenvalue weighted by Gasteiger charge is 2.16. The Bertz CT molecular complexity index is 922. The van der Waals surface area contributed by atoms with E-state index in [0.29, 0.717) is 16.2 Å². The summed E-state index contributed by atoms with van der Waals surface area (Å²) < 4.78 is 17.2. The number of aryl methyl sites for hydroxylation is 3. The van der Waals surface area contributed by atoms with Gasteiger partial charge >= 0.3 is 0 Å². The smallest absolute Gasteiger partial charge is 0.252 e. The Morgan fingerprint density at radius 3 is 2.73 bits per heavy atom. The summed E-state index contributed by atoms with van der Waals surface area (Å²) in [6.07, 6.45) is 0. The van der Waals surface area contributed by atoms with Crippen molar-refractivity contribution in [3.63, 3.8) is 0 Å². The molecule has 0 fully saturated rings. The molecule has 0 aliphatic rings. The molecule has 0 saturated carbocycles. The minimum absolute atomic E-state index is 0.0695. The van der Waals surface area contributed by atoms with E-state index in [-0.39, 0.29) is 12.1 Å². The van der Waals surface area contributed by atoms with Crippen molar-refractivity contribution in [2.24, 2.45) is 7.05 Å². The van der Waals surface area contributed by atoms with Gasteiger partial charge in [-0.2, -0.15) is 5.10 Å². The lowest BCUT2D eigenvalue weighted by atomic mass is 10.1. The van der Waals surface area contributed by atoms with Crippen LogP contribution < -0.4 is 5.56 Å². The van der Waals surface area contributed by atoms with Crippen molar-refractivity contribution in [3.8, 4) is 0 Å². The van der Waals surface area contributed by atoms with Gasteiger partial charge in [-0.15, -0.1) is 0 Å². The van der Waals surface area contributed by atoms with Crippen molar-refractivity contribution in [3.05, 3.63) is 62.3 Å². The van der Waals surface area contributed by atoms with E-state index in [9.17, 15) is 9.18 Å². The van der Waals surface area contributed by atoms with Crippen LogP contribution in [0.5, 0.6) is 0 Å². The second-order valence-electron chi connectivity index (χ2n) is 5.36. The number of nitrogens with zero attached hydrogens (tertiary/aromatic N) is 3. The molecule has 2 heterocycles. The van der Waals surface area contributed by atoms with Gasteiger partial charge in [0.1, 0.15) is 11.5 Å². The molecule has 114 valence electrons. The maximum Gasteiger partial charge on any atom is 0.252 e. The van der Waals surface area contributed by atoms with Gasteiger partial charge in [0.25, 0.3) is 5.56 Å². The van der Waals surface area contributed by atoms with Crippen LogP contribution in [-0.2, 0) is 13.6 Å². The first kappa shape index (κ1) is 14.8. The first-order valence-electron chi connectivity index (χ1n) is 6.86. The number of fused-ring (bicyclic) bond motifs is 1. The molecule has 22 heavy (non-hydrogen) atoms. The zero-order valence-corrected chi connectivity index (χ0v) is 13.3. The zero-order chi connectivity index (χ0) is 16.0. The molecule has 0 N–H and O–H groups in total. The van der Waals surface area contributed by atoms with Gasteiger partial charge in [-0.1, -0.05) is 17.7 Å². The Kier molecular flexibility index (Phi) is 3.53. The molecule has 0 amide bonds. The Morgan fingerprint density at radius 1 is 1.32 bits per heavy atom. The molecule has 6 heteroatoms. The predicted octanol–water partition coefficient (Wildman–Crippen LogP) is 3.19. The highest BCUT2D eigenvalue weighted by Crippen LogP contribution is 2.23. The standard InChI is InChI=1S/C16H15ClFN3O/c1-9-7-14(22)21(16-15(9)10(2)19-20(16)3)8-11-12(17)5-4-6-13(11)18/h4-7H,8H2,1-3H3. The molecular weight excluding hydrogens is 305 g/mol. The van der Waals surface area contributed by atoms with Crippen molar-refractivity contribution >= 4 is 22.6 Å². The van der Waals surface area contributed by atoms with Gasteiger partial charge in [0, 0.05) is 29.1 Å². The summed E-state index contributed by atoms with van der Waals surface area (Å²) in [6.45, 7) is 3.83. The van der Waals surface area contributed by atoms with E-state index >= 15 is 0 Å². The normalized spacial score (nSPS) is 11.3. The lowest BCUT2D eigenvalue weighted by molar-refractivity contribution is 0.596. The van der Waals surface area contributed by atoms with Crippen molar-refractivity contribution in [1.29, 1.82) is 0 Å².